The molecule has 2 atom stereocenters. The quantitative estimate of drug-likeness (QED) is 0.765. The van der Waals surface area contributed by atoms with Crippen molar-refractivity contribution in [1.82, 2.24) is 4.90 Å². The third kappa shape index (κ3) is 3.69. The fourth-order valence-corrected chi connectivity index (χ4v) is 3.32. The number of hydrogen-bond acceptors (Lipinski definition) is 2. The maximum atomic E-state index is 12.6. The highest BCUT2D eigenvalue weighted by Gasteiger charge is 2.39. The van der Waals surface area contributed by atoms with Crippen molar-refractivity contribution in [2.24, 2.45) is 16.8 Å². The van der Waals surface area contributed by atoms with E-state index in [1.165, 1.54) is 5.57 Å². The van der Waals surface area contributed by atoms with Crippen molar-refractivity contribution in [3.8, 4) is 0 Å². The predicted molar refractivity (Wildman–Crippen MR) is 81.7 cm³/mol. The van der Waals surface area contributed by atoms with Crippen molar-refractivity contribution < 1.29 is 13.2 Å². The zero-order valence-electron chi connectivity index (χ0n) is 12.5. The summed E-state index contributed by atoms with van der Waals surface area (Å²) in [5.74, 6) is -1.13. The van der Waals surface area contributed by atoms with Crippen LogP contribution in [0.3, 0.4) is 0 Å². The van der Waals surface area contributed by atoms with Crippen molar-refractivity contribution in [2.45, 2.75) is 31.9 Å². The fraction of sp³-hybridized carbons (Fsp3) is 0.588. The van der Waals surface area contributed by atoms with Gasteiger partial charge in [0, 0.05) is 30.9 Å². The van der Waals surface area contributed by atoms with Crippen LogP contribution >= 0.6 is 0 Å². The Hall–Kier alpha value is -1.36. The molecule has 120 valence electrons. The zero-order valence-corrected chi connectivity index (χ0v) is 12.5. The van der Waals surface area contributed by atoms with Gasteiger partial charge in [-0.2, -0.15) is 13.2 Å². The van der Waals surface area contributed by atoms with Gasteiger partial charge in [0.25, 0.3) is 0 Å². The highest BCUT2D eigenvalue weighted by molar-refractivity contribution is 5.65. The van der Waals surface area contributed by atoms with E-state index in [4.69, 9.17) is 0 Å². The minimum absolute atomic E-state index is 0.0365. The fourth-order valence-electron chi connectivity index (χ4n) is 3.32. The van der Waals surface area contributed by atoms with Crippen LogP contribution in [0.4, 0.5) is 13.2 Å². The van der Waals surface area contributed by atoms with E-state index in [0.717, 1.165) is 50.8 Å². The number of aliphatic imine (C=N–C) groups is 1. The molecule has 0 amide bonds. The summed E-state index contributed by atoms with van der Waals surface area (Å²) in [6, 6.07) is 0. The molecule has 2 aliphatic heterocycles. The van der Waals surface area contributed by atoms with Crippen molar-refractivity contribution in [3.05, 3.63) is 35.6 Å². The lowest BCUT2D eigenvalue weighted by molar-refractivity contribution is -0.153. The SMILES string of the molecule is FC(F)(F)C1C=NC(C2CCN(CC3=CC=CCC3)C2)=CC1. The van der Waals surface area contributed by atoms with Crippen molar-refractivity contribution in [3.63, 3.8) is 0 Å². The Labute approximate surface area is 129 Å². The monoisotopic (exact) mass is 310 g/mol. The molecule has 0 spiro atoms. The van der Waals surface area contributed by atoms with Gasteiger partial charge in [-0.3, -0.25) is 9.89 Å². The summed E-state index contributed by atoms with van der Waals surface area (Å²) in [6.07, 6.45) is 8.33. The first-order chi connectivity index (χ1) is 10.5. The molecule has 0 aromatic heterocycles. The topological polar surface area (TPSA) is 15.6 Å². The number of rotatable bonds is 3. The Kier molecular flexibility index (Phi) is 4.52. The molecule has 22 heavy (non-hydrogen) atoms. The molecule has 1 saturated heterocycles. The maximum absolute atomic E-state index is 12.6. The molecule has 0 aromatic rings. The molecule has 2 nitrogen and oxygen atoms in total. The molecule has 0 aromatic carbocycles. The molecule has 0 N–H and O–H groups in total. The average molecular weight is 310 g/mol. The van der Waals surface area contributed by atoms with Gasteiger partial charge in [-0.25, -0.2) is 0 Å². The van der Waals surface area contributed by atoms with Gasteiger partial charge < -0.3 is 0 Å². The van der Waals surface area contributed by atoms with E-state index >= 15 is 0 Å². The molecule has 2 heterocycles. The second-order valence-electron chi connectivity index (χ2n) is 6.30. The van der Waals surface area contributed by atoms with Crippen LogP contribution in [0.15, 0.2) is 40.6 Å². The smallest absolute Gasteiger partial charge is 0.299 e. The second-order valence-corrected chi connectivity index (χ2v) is 6.30. The summed E-state index contributed by atoms with van der Waals surface area (Å²) in [7, 11) is 0. The molecular weight excluding hydrogens is 289 g/mol. The number of nitrogens with zero attached hydrogens (tertiary/aromatic N) is 2. The minimum atomic E-state index is -4.17. The van der Waals surface area contributed by atoms with Gasteiger partial charge in [0.05, 0.1) is 5.92 Å². The maximum Gasteiger partial charge on any atom is 0.396 e. The van der Waals surface area contributed by atoms with Gasteiger partial charge in [0.2, 0.25) is 0 Å². The van der Waals surface area contributed by atoms with E-state index in [1.807, 2.05) is 0 Å². The summed E-state index contributed by atoms with van der Waals surface area (Å²) in [5.41, 5.74) is 2.29. The van der Waals surface area contributed by atoms with Crippen LogP contribution in [0, 0.1) is 11.8 Å². The van der Waals surface area contributed by atoms with Crippen molar-refractivity contribution >= 4 is 6.21 Å². The summed E-state index contributed by atoms with van der Waals surface area (Å²) >= 11 is 0. The van der Waals surface area contributed by atoms with Crippen LogP contribution in [0.2, 0.25) is 0 Å². The second kappa shape index (κ2) is 6.41. The highest BCUT2D eigenvalue weighted by Crippen LogP contribution is 2.34. The van der Waals surface area contributed by atoms with Gasteiger partial charge in [-0.05, 0) is 32.2 Å². The van der Waals surface area contributed by atoms with Gasteiger partial charge >= 0.3 is 6.18 Å². The van der Waals surface area contributed by atoms with Gasteiger partial charge in [-0.1, -0.05) is 29.9 Å². The lowest BCUT2D eigenvalue weighted by Gasteiger charge is -2.22. The number of hydrogen-bond donors (Lipinski definition) is 0. The van der Waals surface area contributed by atoms with Crippen LogP contribution in [-0.2, 0) is 0 Å². The van der Waals surface area contributed by atoms with Gasteiger partial charge in [0.1, 0.15) is 0 Å². The van der Waals surface area contributed by atoms with E-state index in [0.29, 0.717) is 0 Å². The number of allylic oxidation sites excluding steroid dienone is 4. The van der Waals surface area contributed by atoms with Crippen LogP contribution in [-0.4, -0.2) is 36.9 Å². The lowest BCUT2D eigenvalue weighted by atomic mass is 9.97. The third-order valence-corrected chi connectivity index (χ3v) is 4.62. The largest absolute Gasteiger partial charge is 0.396 e. The first-order valence-electron chi connectivity index (χ1n) is 7.90. The average Bonchev–Trinajstić information content (AvgIpc) is 2.96. The standard InChI is InChI=1S/C17H21F3N2/c18-17(19,20)15-6-7-16(21-10-15)14-8-9-22(12-14)11-13-4-2-1-3-5-13/h1-2,4,7,10,14-15H,3,5-6,8-9,11-12H2. The van der Waals surface area contributed by atoms with Crippen molar-refractivity contribution in [2.75, 3.05) is 19.6 Å². The molecule has 2 unspecified atom stereocenters. The predicted octanol–water partition coefficient (Wildman–Crippen LogP) is 4.12. The van der Waals surface area contributed by atoms with Crippen LogP contribution in [0.1, 0.15) is 25.7 Å². The molecule has 0 saturated carbocycles. The number of halogens is 3. The van der Waals surface area contributed by atoms with E-state index in [-0.39, 0.29) is 12.3 Å². The molecule has 3 rings (SSSR count). The van der Waals surface area contributed by atoms with Crippen LogP contribution < -0.4 is 0 Å². The molecule has 0 radical (unpaired) electrons. The Morgan fingerprint density at radius 1 is 1.32 bits per heavy atom. The molecule has 1 aliphatic carbocycles. The van der Waals surface area contributed by atoms with Crippen LogP contribution in [0.25, 0.3) is 0 Å². The number of alkyl halides is 3. The summed E-state index contributed by atoms with van der Waals surface area (Å²) in [5, 5.41) is 0. The van der Waals surface area contributed by atoms with E-state index in [2.05, 4.69) is 28.1 Å². The molecular formula is C17H21F3N2. The van der Waals surface area contributed by atoms with E-state index in [9.17, 15) is 13.2 Å². The Morgan fingerprint density at radius 3 is 2.82 bits per heavy atom. The van der Waals surface area contributed by atoms with E-state index < -0.39 is 12.1 Å². The van der Waals surface area contributed by atoms with Crippen molar-refractivity contribution in [1.29, 1.82) is 0 Å². The van der Waals surface area contributed by atoms with Gasteiger partial charge in [0.15, 0.2) is 0 Å². The first-order valence-corrected chi connectivity index (χ1v) is 7.90. The summed E-state index contributed by atoms with van der Waals surface area (Å²) < 4.78 is 37.9. The Balaban J connectivity index is 1.53. The highest BCUT2D eigenvalue weighted by atomic mass is 19.4. The molecule has 0 bridgehead atoms. The summed E-state index contributed by atoms with van der Waals surface area (Å²) in [4.78, 5) is 6.49. The Bertz CT molecular complexity index is 529. The van der Waals surface area contributed by atoms with E-state index in [1.54, 1.807) is 6.08 Å². The minimum Gasteiger partial charge on any atom is -0.299 e. The lowest BCUT2D eigenvalue weighted by Crippen LogP contribution is -2.27. The number of likely N-dealkylation sites (tertiary alicyclic amines) is 1. The Morgan fingerprint density at radius 2 is 2.18 bits per heavy atom. The normalized spacial score (nSPS) is 29.6. The molecule has 3 aliphatic rings. The first kappa shape index (κ1) is 15.5. The third-order valence-electron chi connectivity index (χ3n) is 4.62. The zero-order chi connectivity index (χ0) is 15.6. The van der Waals surface area contributed by atoms with Gasteiger partial charge in [-0.15, -0.1) is 0 Å². The molecule has 5 heteroatoms. The molecule has 1 fully saturated rings. The van der Waals surface area contributed by atoms with Crippen LogP contribution in [0.5, 0.6) is 0 Å². The summed E-state index contributed by atoms with van der Waals surface area (Å²) in [6.45, 7) is 2.88.